The van der Waals surface area contributed by atoms with Crippen LogP contribution in [0.2, 0.25) is 0 Å². The van der Waals surface area contributed by atoms with Gasteiger partial charge < -0.3 is 10.1 Å². The molecule has 1 atom stereocenters. The highest BCUT2D eigenvalue weighted by Gasteiger charge is 2.22. The van der Waals surface area contributed by atoms with Gasteiger partial charge in [0, 0.05) is 23.4 Å². The molecule has 0 aromatic heterocycles. The van der Waals surface area contributed by atoms with Gasteiger partial charge in [-0.3, -0.25) is 4.79 Å². The molecule has 21 heavy (non-hydrogen) atoms. The predicted octanol–water partition coefficient (Wildman–Crippen LogP) is 3.55. The molecular weight excluding hydrogens is 266 g/mol. The molecule has 0 bridgehead atoms. The Morgan fingerprint density at radius 3 is 2.76 bits per heavy atom. The van der Waals surface area contributed by atoms with E-state index < -0.39 is 0 Å². The molecule has 4 nitrogen and oxygen atoms in total. The first-order valence-corrected chi connectivity index (χ1v) is 7.38. The highest BCUT2D eigenvalue weighted by Crippen LogP contribution is 2.24. The SMILES string of the molecule is CCOC(=O)c1ccc(NC=C2CCCC(C)C2=O)cc1. The van der Waals surface area contributed by atoms with Crippen molar-refractivity contribution < 1.29 is 14.3 Å². The standard InChI is InChI=1S/C17H21NO3/c1-3-21-17(20)13-7-9-15(10-8-13)18-11-14-6-4-5-12(2)16(14)19/h7-12,18H,3-6H2,1-2H3. The van der Waals surface area contributed by atoms with E-state index >= 15 is 0 Å². The number of rotatable bonds is 4. The van der Waals surface area contributed by atoms with Crippen molar-refractivity contribution in [2.45, 2.75) is 33.1 Å². The van der Waals surface area contributed by atoms with Crippen molar-refractivity contribution in [3.63, 3.8) is 0 Å². The van der Waals surface area contributed by atoms with Crippen molar-refractivity contribution in [1.82, 2.24) is 0 Å². The van der Waals surface area contributed by atoms with E-state index in [4.69, 9.17) is 4.74 Å². The van der Waals surface area contributed by atoms with Gasteiger partial charge in [0.25, 0.3) is 0 Å². The van der Waals surface area contributed by atoms with Gasteiger partial charge in [-0.1, -0.05) is 6.92 Å². The summed E-state index contributed by atoms with van der Waals surface area (Å²) in [6.07, 6.45) is 4.65. The van der Waals surface area contributed by atoms with Gasteiger partial charge in [0.15, 0.2) is 5.78 Å². The summed E-state index contributed by atoms with van der Waals surface area (Å²) in [5, 5.41) is 3.13. The Morgan fingerprint density at radius 2 is 2.10 bits per heavy atom. The molecule has 0 spiro atoms. The summed E-state index contributed by atoms with van der Waals surface area (Å²) in [6.45, 7) is 4.12. The lowest BCUT2D eigenvalue weighted by Crippen LogP contribution is -2.19. The maximum Gasteiger partial charge on any atom is 0.338 e. The van der Waals surface area contributed by atoms with Crippen LogP contribution < -0.4 is 5.32 Å². The van der Waals surface area contributed by atoms with Crippen molar-refractivity contribution in [2.24, 2.45) is 5.92 Å². The van der Waals surface area contributed by atoms with Gasteiger partial charge in [-0.05, 0) is 50.5 Å². The average molecular weight is 287 g/mol. The summed E-state index contributed by atoms with van der Waals surface area (Å²) in [5.41, 5.74) is 2.22. The third-order valence-electron chi connectivity index (χ3n) is 3.66. The van der Waals surface area contributed by atoms with E-state index in [2.05, 4.69) is 5.32 Å². The first-order chi connectivity index (χ1) is 10.1. The lowest BCUT2D eigenvalue weighted by atomic mass is 9.86. The molecule has 1 aromatic rings. The molecule has 112 valence electrons. The van der Waals surface area contributed by atoms with Crippen LogP contribution in [0.3, 0.4) is 0 Å². The Labute approximate surface area is 125 Å². The minimum atomic E-state index is -0.321. The first kappa shape index (κ1) is 15.3. The van der Waals surface area contributed by atoms with Gasteiger partial charge in [0.2, 0.25) is 0 Å². The highest BCUT2D eigenvalue weighted by molar-refractivity contribution is 5.97. The average Bonchev–Trinajstić information content (AvgIpc) is 2.49. The number of carbonyl (C=O) groups excluding carboxylic acids is 2. The normalized spacial score (nSPS) is 20.4. The van der Waals surface area contributed by atoms with Crippen LogP contribution in [0.25, 0.3) is 0 Å². The van der Waals surface area contributed by atoms with Crippen LogP contribution >= 0.6 is 0 Å². The molecule has 0 saturated heterocycles. The quantitative estimate of drug-likeness (QED) is 0.679. The summed E-state index contributed by atoms with van der Waals surface area (Å²) in [5.74, 6) is 0.0357. The Balaban J connectivity index is 2.00. The molecular formula is C17H21NO3. The van der Waals surface area contributed by atoms with E-state index in [-0.39, 0.29) is 17.7 Å². The molecule has 1 aliphatic carbocycles. The van der Waals surface area contributed by atoms with Gasteiger partial charge >= 0.3 is 5.97 Å². The number of benzene rings is 1. The van der Waals surface area contributed by atoms with E-state index in [9.17, 15) is 9.59 Å². The third kappa shape index (κ3) is 3.94. The van der Waals surface area contributed by atoms with Crippen LogP contribution in [0.5, 0.6) is 0 Å². The van der Waals surface area contributed by atoms with Crippen molar-refractivity contribution >= 4 is 17.4 Å². The summed E-state index contributed by atoms with van der Waals surface area (Å²) in [6, 6.07) is 7.04. The molecule has 0 heterocycles. The second kappa shape index (κ2) is 7.07. The van der Waals surface area contributed by atoms with E-state index in [1.807, 2.05) is 6.92 Å². The van der Waals surface area contributed by atoms with Gasteiger partial charge in [-0.2, -0.15) is 0 Å². The number of carbonyl (C=O) groups is 2. The van der Waals surface area contributed by atoms with Crippen LogP contribution in [0.1, 0.15) is 43.5 Å². The smallest absolute Gasteiger partial charge is 0.338 e. The number of ketones is 1. The molecule has 1 saturated carbocycles. The third-order valence-corrected chi connectivity index (χ3v) is 3.66. The molecule has 1 fully saturated rings. The summed E-state index contributed by atoms with van der Waals surface area (Å²) < 4.78 is 4.93. The Hall–Kier alpha value is -2.10. The molecule has 1 aliphatic rings. The van der Waals surface area contributed by atoms with Crippen LogP contribution in [-0.2, 0) is 9.53 Å². The molecule has 1 N–H and O–H groups in total. The number of nitrogens with one attached hydrogen (secondary N) is 1. The second-order valence-electron chi connectivity index (χ2n) is 5.27. The van der Waals surface area contributed by atoms with E-state index in [1.54, 1.807) is 37.4 Å². The predicted molar refractivity (Wildman–Crippen MR) is 82.1 cm³/mol. The fraction of sp³-hybridized carbons (Fsp3) is 0.412. The number of allylic oxidation sites excluding steroid dienone is 1. The molecule has 1 aromatic carbocycles. The zero-order chi connectivity index (χ0) is 15.2. The van der Waals surface area contributed by atoms with Crippen molar-refractivity contribution in [3.05, 3.63) is 41.6 Å². The largest absolute Gasteiger partial charge is 0.462 e. The maximum atomic E-state index is 12.0. The number of hydrogen-bond donors (Lipinski definition) is 1. The van der Waals surface area contributed by atoms with Gasteiger partial charge in [-0.25, -0.2) is 4.79 Å². The van der Waals surface area contributed by atoms with E-state index in [0.29, 0.717) is 12.2 Å². The van der Waals surface area contributed by atoms with E-state index in [1.165, 1.54) is 0 Å². The van der Waals surface area contributed by atoms with Crippen molar-refractivity contribution in [2.75, 3.05) is 11.9 Å². The number of Topliss-reactive ketones (excluding diaryl/α,β-unsaturated/α-hetero) is 1. The first-order valence-electron chi connectivity index (χ1n) is 7.38. The lowest BCUT2D eigenvalue weighted by molar-refractivity contribution is -0.119. The molecule has 4 heteroatoms. The van der Waals surface area contributed by atoms with Crippen molar-refractivity contribution in [3.8, 4) is 0 Å². The minimum Gasteiger partial charge on any atom is -0.462 e. The zero-order valence-corrected chi connectivity index (χ0v) is 12.5. The molecule has 1 unspecified atom stereocenters. The minimum absolute atomic E-state index is 0.123. The topological polar surface area (TPSA) is 55.4 Å². The van der Waals surface area contributed by atoms with Crippen LogP contribution in [0.4, 0.5) is 5.69 Å². The van der Waals surface area contributed by atoms with Crippen LogP contribution in [-0.4, -0.2) is 18.4 Å². The Bertz CT molecular complexity index is 546. The van der Waals surface area contributed by atoms with Crippen molar-refractivity contribution in [1.29, 1.82) is 0 Å². The van der Waals surface area contributed by atoms with E-state index in [0.717, 1.165) is 30.5 Å². The summed E-state index contributed by atoms with van der Waals surface area (Å²) in [7, 11) is 0. The zero-order valence-electron chi connectivity index (χ0n) is 12.5. The fourth-order valence-electron chi connectivity index (χ4n) is 2.40. The highest BCUT2D eigenvalue weighted by atomic mass is 16.5. The van der Waals surface area contributed by atoms with Gasteiger partial charge in [-0.15, -0.1) is 0 Å². The number of anilines is 1. The van der Waals surface area contributed by atoms with Crippen LogP contribution in [0.15, 0.2) is 36.0 Å². The van der Waals surface area contributed by atoms with Gasteiger partial charge in [0.1, 0.15) is 0 Å². The maximum absolute atomic E-state index is 12.0. The second-order valence-corrected chi connectivity index (χ2v) is 5.27. The Morgan fingerprint density at radius 1 is 1.38 bits per heavy atom. The molecule has 0 aliphatic heterocycles. The number of esters is 1. The number of hydrogen-bond acceptors (Lipinski definition) is 4. The molecule has 0 radical (unpaired) electrons. The molecule has 2 rings (SSSR count). The number of ether oxygens (including phenoxy) is 1. The monoisotopic (exact) mass is 287 g/mol. The van der Waals surface area contributed by atoms with Crippen LogP contribution in [0, 0.1) is 5.92 Å². The van der Waals surface area contributed by atoms with Gasteiger partial charge in [0.05, 0.1) is 12.2 Å². The lowest BCUT2D eigenvalue weighted by Gasteiger charge is -2.19. The summed E-state index contributed by atoms with van der Waals surface area (Å²) in [4.78, 5) is 23.5. The summed E-state index contributed by atoms with van der Waals surface area (Å²) >= 11 is 0. The molecule has 0 amide bonds. The Kier molecular flexibility index (Phi) is 5.14. The fourth-order valence-corrected chi connectivity index (χ4v) is 2.40.